The predicted octanol–water partition coefficient (Wildman–Crippen LogP) is 1.59. The molecule has 2 heterocycles. The second kappa shape index (κ2) is 4.58. The highest BCUT2D eigenvalue weighted by Gasteiger charge is 2.19. The minimum Gasteiger partial charge on any atom is -0.361 e. The first-order valence-corrected chi connectivity index (χ1v) is 6.06. The van der Waals surface area contributed by atoms with E-state index in [0.29, 0.717) is 17.7 Å². The zero-order valence-corrected chi connectivity index (χ0v) is 10.3. The van der Waals surface area contributed by atoms with E-state index in [2.05, 4.69) is 20.5 Å². The summed E-state index contributed by atoms with van der Waals surface area (Å²) in [5.41, 5.74) is 1.92. The summed E-state index contributed by atoms with van der Waals surface area (Å²) < 4.78 is 2.11. The molecule has 5 heteroatoms. The lowest BCUT2D eigenvalue weighted by Gasteiger charge is -2.30. The SMILES string of the molecule is N#Cc1cc(C=O)ccc1N1CCn2ccnc2C1. The van der Waals surface area contributed by atoms with E-state index >= 15 is 0 Å². The van der Waals surface area contributed by atoms with Gasteiger partial charge in [-0.25, -0.2) is 4.98 Å². The Balaban J connectivity index is 1.96. The zero-order valence-electron chi connectivity index (χ0n) is 10.3. The quantitative estimate of drug-likeness (QED) is 0.761. The second-order valence-corrected chi connectivity index (χ2v) is 4.46. The molecule has 0 amide bonds. The zero-order chi connectivity index (χ0) is 13.2. The number of carbonyl (C=O) groups is 1. The van der Waals surface area contributed by atoms with E-state index in [0.717, 1.165) is 30.9 Å². The molecule has 0 bridgehead atoms. The van der Waals surface area contributed by atoms with Crippen LogP contribution in [0.5, 0.6) is 0 Å². The van der Waals surface area contributed by atoms with Crippen molar-refractivity contribution in [2.24, 2.45) is 0 Å². The fourth-order valence-electron chi connectivity index (χ4n) is 2.37. The number of nitrogens with zero attached hydrogens (tertiary/aromatic N) is 4. The molecule has 19 heavy (non-hydrogen) atoms. The normalized spacial score (nSPS) is 13.7. The maximum Gasteiger partial charge on any atom is 0.150 e. The monoisotopic (exact) mass is 252 g/mol. The van der Waals surface area contributed by atoms with Crippen molar-refractivity contribution in [3.8, 4) is 6.07 Å². The maximum absolute atomic E-state index is 10.8. The molecule has 0 saturated heterocycles. The summed E-state index contributed by atoms with van der Waals surface area (Å²) in [6.45, 7) is 2.37. The van der Waals surface area contributed by atoms with Gasteiger partial charge in [-0.15, -0.1) is 0 Å². The van der Waals surface area contributed by atoms with Crippen LogP contribution in [0.25, 0.3) is 0 Å². The van der Waals surface area contributed by atoms with Crippen molar-refractivity contribution in [1.29, 1.82) is 5.26 Å². The van der Waals surface area contributed by atoms with Crippen LogP contribution in [0.4, 0.5) is 5.69 Å². The summed E-state index contributed by atoms with van der Waals surface area (Å²) in [6, 6.07) is 7.36. The van der Waals surface area contributed by atoms with Crippen LogP contribution in [0.15, 0.2) is 30.6 Å². The highest BCUT2D eigenvalue weighted by Crippen LogP contribution is 2.24. The third-order valence-electron chi connectivity index (χ3n) is 3.36. The van der Waals surface area contributed by atoms with E-state index in [9.17, 15) is 10.1 Å². The minimum absolute atomic E-state index is 0.527. The van der Waals surface area contributed by atoms with Gasteiger partial charge in [0.25, 0.3) is 0 Å². The molecule has 0 spiro atoms. The number of anilines is 1. The minimum atomic E-state index is 0.527. The summed E-state index contributed by atoms with van der Waals surface area (Å²) in [5.74, 6) is 0.995. The number of hydrogen-bond donors (Lipinski definition) is 0. The molecule has 94 valence electrons. The number of hydrogen-bond acceptors (Lipinski definition) is 4. The van der Waals surface area contributed by atoms with Gasteiger partial charge in [0.2, 0.25) is 0 Å². The molecule has 3 rings (SSSR count). The third-order valence-corrected chi connectivity index (χ3v) is 3.36. The lowest BCUT2D eigenvalue weighted by molar-refractivity contribution is 0.112. The summed E-state index contributed by atoms with van der Waals surface area (Å²) >= 11 is 0. The molecule has 0 radical (unpaired) electrons. The van der Waals surface area contributed by atoms with E-state index in [1.54, 1.807) is 18.3 Å². The number of carbonyl (C=O) groups excluding carboxylic acids is 1. The van der Waals surface area contributed by atoms with Gasteiger partial charge in [-0.05, 0) is 18.2 Å². The van der Waals surface area contributed by atoms with Crippen LogP contribution in [0.3, 0.4) is 0 Å². The van der Waals surface area contributed by atoms with Crippen molar-refractivity contribution in [3.63, 3.8) is 0 Å². The van der Waals surface area contributed by atoms with E-state index in [1.165, 1.54) is 0 Å². The predicted molar refractivity (Wildman–Crippen MR) is 69.8 cm³/mol. The molecule has 1 aromatic heterocycles. The van der Waals surface area contributed by atoms with Crippen LogP contribution in [0.1, 0.15) is 21.7 Å². The fraction of sp³-hybridized carbons (Fsp3) is 0.214. The number of fused-ring (bicyclic) bond motifs is 1. The Hall–Kier alpha value is -2.61. The molecule has 0 fully saturated rings. The number of nitriles is 1. The van der Waals surface area contributed by atoms with Crippen molar-refractivity contribution in [1.82, 2.24) is 9.55 Å². The van der Waals surface area contributed by atoms with Gasteiger partial charge < -0.3 is 9.47 Å². The molecule has 2 aromatic rings. The molecular weight excluding hydrogens is 240 g/mol. The van der Waals surface area contributed by atoms with Gasteiger partial charge in [0.1, 0.15) is 18.2 Å². The Morgan fingerprint density at radius 2 is 2.26 bits per heavy atom. The topological polar surface area (TPSA) is 61.9 Å². The van der Waals surface area contributed by atoms with Gasteiger partial charge in [-0.3, -0.25) is 4.79 Å². The average molecular weight is 252 g/mol. The van der Waals surface area contributed by atoms with Crippen molar-refractivity contribution < 1.29 is 4.79 Å². The number of imidazole rings is 1. The molecule has 5 nitrogen and oxygen atoms in total. The molecular formula is C14H12N4O. The Morgan fingerprint density at radius 1 is 1.37 bits per heavy atom. The molecule has 0 atom stereocenters. The van der Waals surface area contributed by atoms with E-state index in [4.69, 9.17) is 0 Å². The third kappa shape index (κ3) is 1.97. The number of benzene rings is 1. The Kier molecular flexibility index (Phi) is 2.76. The molecule has 0 unspecified atom stereocenters. The second-order valence-electron chi connectivity index (χ2n) is 4.46. The summed E-state index contributed by atoms with van der Waals surface area (Å²) in [4.78, 5) is 17.2. The fourth-order valence-corrected chi connectivity index (χ4v) is 2.37. The lowest BCUT2D eigenvalue weighted by atomic mass is 10.1. The van der Waals surface area contributed by atoms with Crippen molar-refractivity contribution in [2.75, 3.05) is 11.4 Å². The smallest absolute Gasteiger partial charge is 0.150 e. The van der Waals surface area contributed by atoms with Crippen LogP contribution in [0, 0.1) is 11.3 Å². The number of aromatic nitrogens is 2. The Morgan fingerprint density at radius 3 is 3.05 bits per heavy atom. The first-order chi connectivity index (χ1) is 9.31. The summed E-state index contributed by atoms with van der Waals surface area (Å²) in [7, 11) is 0. The maximum atomic E-state index is 10.8. The first kappa shape index (κ1) is 11.5. The molecule has 1 aliphatic heterocycles. The van der Waals surface area contributed by atoms with E-state index < -0.39 is 0 Å². The van der Waals surface area contributed by atoms with Crippen molar-refractivity contribution in [2.45, 2.75) is 13.1 Å². The average Bonchev–Trinajstić information content (AvgIpc) is 2.93. The van der Waals surface area contributed by atoms with Gasteiger partial charge in [0.05, 0.1) is 17.8 Å². The van der Waals surface area contributed by atoms with Gasteiger partial charge in [0, 0.05) is 31.0 Å². The molecule has 1 aliphatic rings. The number of aldehydes is 1. The Bertz CT molecular complexity index is 668. The standard InChI is InChI=1S/C14H12N4O/c15-8-12-7-11(10-19)1-2-13(12)18-6-5-17-4-3-16-14(17)9-18/h1-4,7,10H,5-6,9H2. The highest BCUT2D eigenvalue weighted by atomic mass is 16.1. The highest BCUT2D eigenvalue weighted by molar-refractivity contribution is 5.78. The van der Waals surface area contributed by atoms with Crippen LogP contribution in [0.2, 0.25) is 0 Å². The number of rotatable bonds is 2. The van der Waals surface area contributed by atoms with Crippen LogP contribution in [-0.4, -0.2) is 22.4 Å². The van der Waals surface area contributed by atoms with Crippen molar-refractivity contribution in [3.05, 3.63) is 47.5 Å². The van der Waals surface area contributed by atoms with Crippen LogP contribution in [-0.2, 0) is 13.1 Å². The molecule has 0 aliphatic carbocycles. The molecule has 0 N–H and O–H groups in total. The van der Waals surface area contributed by atoms with Gasteiger partial charge in [-0.1, -0.05) is 0 Å². The van der Waals surface area contributed by atoms with Crippen LogP contribution < -0.4 is 4.90 Å². The van der Waals surface area contributed by atoms with Gasteiger partial charge >= 0.3 is 0 Å². The summed E-state index contributed by atoms with van der Waals surface area (Å²) in [6.07, 6.45) is 4.51. The Labute approximate surface area is 110 Å². The van der Waals surface area contributed by atoms with Crippen molar-refractivity contribution >= 4 is 12.0 Å². The molecule has 0 saturated carbocycles. The lowest BCUT2D eigenvalue weighted by Crippen LogP contribution is -2.34. The van der Waals surface area contributed by atoms with Crippen LogP contribution >= 0.6 is 0 Å². The first-order valence-electron chi connectivity index (χ1n) is 6.06. The van der Waals surface area contributed by atoms with Gasteiger partial charge in [-0.2, -0.15) is 5.26 Å². The van der Waals surface area contributed by atoms with E-state index in [1.807, 2.05) is 12.3 Å². The van der Waals surface area contributed by atoms with Gasteiger partial charge in [0.15, 0.2) is 0 Å². The van der Waals surface area contributed by atoms with E-state index in [-0.39, 0.29) is 0 Å². The molecule has 1 aromatic carbocycles. The summed E-state index contributed by atoms with van der Waals surface area (Å²) in [5, 5.41) is 9.21. The largest absolute Gasteiger partial charge is 0.361 e.